The zero-order chi connectivity index (χ0) is 15.4. The Hall–Kier alpha value is -1.46. The lowest BCUT2D eigenvalue weighted by Crippen LogP contribution is -2.35. The normalized spacial score (nSPS) is 17.3. The monoisotopic (exact) mass is 291 g/mol. The van der Waals surface area contributed by atoms with Crippen LogP contribution in [0.5, 0.6) is 0 Å². The predicted octanol–water partition coefficient (Wildman–Crippen LogP) is 2.68. The second-order valence-electron chi connectivity index (χ2n) is 6.32. The van der Waals surface area contributed by atoms with Crippen molar-refractivity contribution < 1.29 is 4.92 Å². The smallest absolute Gasteiger partial charge is 0.272 e. The van der Waals surface area contributed by atoms with E-state index in [1.54, 1.807) is 13.0 Å². The van der Waals surface area contributed by atoms with Crippen LogP contribution in [-0.4, -0.2) is 48.5 Å². The zero-order valence-corrected chi connectivity index (χ0v) is 13.2. The number of piperidine rings is 1. The average molecular weight is 291 g/mol. The summed E-state index contributed by atoms with van der Waals surface area (Å²) in [6.45, 7) is 5.97. The number of rotatable bonds is 5. The Kier molecular flexibility index (Phi) is 5.31. The summed E-state index contributed by atoms with van der Waals surface area (Å²) in [7, 11) is 4.27. The van der Waals surface area contributed by atoms with Crippen LogP contribution in [0.15, 0.2) is 18.2 Å². The number of likely N-dealkylation sites (tertiary alicyclic amines) is 1. The molecule has 1 aromatic carbocycles. The van der Waals surface area contributed by atoms with Crippen LogP contribution in [0.2, 0.25) is 0 Å². The highest BCUT2D eigenvalue weighted by Crippen LogP contribution is 2.21. The number of benzene rings is 1. The van der Waals surface area contributed by atoms with Gasteiger partial charge >= 0.3 is 0 Å². The molecule has 1 fully saturated rings. The van der Waals surface area contributed by atoms with E-state index in [0.29, 0.717) is 0 Å². The van der Waals surface area contributed by atoms with Crippen LogP contribution in [0.25, 0.3) is 0 Å². The van der Waals surface area contributed by atoms with Crippen molar-refractivity contribution in [1.82, 2.24) is 9.80 Å². The molecule has 1 aliphatic heterocycles. The standard InChI is InChI=1S/C16H25N3O2/c1-13-4-5-15(10-16(13)19(20)21)12-18(3)11-14-6-8-17(2)9-7-14/h4-5,10,14H,6-9,11-12H2,1-3H3. The minimum atomic E-state index is -0.296. The molecule has 0 aliphatic carbocycles. The summed E-state index contributed by atoms with van der Waals surface area (Å²) in [6, 6.07) is 5.55. The molecule has 0 radical (unpaired) electrons. The van der Waals surface area contributed by atoms with Gasteiger partial charge in [-0.05, 0) is 58.4 Å². The summed E-state index contributed by atoms with van der Waals surface area (Å²) in [5.74, 6) is 0.742. The van der Waals surface area contributed by atoms with Gasteiger partial charge in [0.05, 0.1) is 4.92 Å². The first-order chi connectivity index (χ1) is 9.95. The van der Waals surface area contributed by atoms with Gasteiger partial charge in [0.2, 0.25) is 0 Å². The molecule has 5 heteroatoms. The van der Waals surface area contributed by atoms with E-state index in [4.69, 9.17) is 0 Å². The number of nitro groups is 1. The molecule has 5 nitrogen and oxygen atoms in total. The van der Waals surface area contributed by atoms with Crippen LogP contribution in [-0.2, 0) is 6.54 Å². The molecule has 0 N–H and O–H groups in total. The maximum atomic E-state index is 11.0. The van der Waals surface area contributed by atoms with Gasteiger partial charge in [-0.2, -0.15) is 0 Å². The van der Waals surface area contributed by atoms with Crippen LogP contribution in [0.3, 0.4) is 0 Å². The number of hydrogen-bond donors (Lipinski definition) is 0. The molecule has 0 aromatic heterocycles. The quantitative estimate of drug-likeness (QED) is 0.618. The number of hydrogen-bond acceptors (Lipinski definition) is 4. The average Bonchev–Trinajstić information content (AvgIpc) is 2.43. The molecular weight excluding hydrogens is 266 g/mol. The zero-order valence-electron chi connectivity index (χ0n) is 13.2. The Labute approximate surface area is 126 Å². The molecule has 2 rings (SSSR count). The van der Waals surface area contributed by atoms with Crippen LogP contribution in [0.1, 0.15) is 24.0 Å². The van der Waals surface area contributed by atoms with Gasteiger partial charge in [-0.3, -0.25) is 10.1 Å². The molecule has 1 aliphatic rings. The largest absolute Gasteiger partial charge is 0.306 e. The third-order valence-electron chi connectivity index (χ3n) is 4.33. The van der Waals surface area contributed by atoms with E-state index in [1.807, 2.05) is 12.1 Å². The first kappa shape index (κ1) is 15.9. The second-order valence-corrected chi connectivity index (χ2v) is 6.32. The van der Waals surface area contributed by atoms with Gasteiger partial charge in [0.15, 0.2) is 0 Å². The molecular formula is C16H25N3O2. The Balaban J connectivity index is 1.92. The number of nitro benzene ring substituents is 1. The fourth-order valence-electron chi connectivity index (χ4n) is 3.01. The third-order valence-corrected chi connectivity index (χ3v) is 4.33. The Morgan fingerprint density at radius 1 is 1.38 bits per heavy atom. The van der Waals surface area contributed by atoms with E-state index < -0.39 is 0 Å². The van der Waals surface area contributed by atoms with Crippen molar-refractivity contribution in [1.29, 1.82) is 0 Å². The number of aryl methyl sites for hydroxylation is 1. The fourth-order valence-corrected chi connectivity index (χ4v) is 3.01. The molecule has 0 spiro atoms. The van der Waals surface area contributed by atoms with Crippen molar-refractivity contribution in [2.45, 2.75) is 26.3 Å². The molecule has 1 saturated heterocycles. The molecule has 0 bridgehead atoms. The van der Waals surface area contributed by atoms with Crippen molar-refractivity contribution in [3.63, 3.8) is 0 Å². The molecule has 116 valence electrons. The minimum absolute atomic E-state index is 0.222. The van der Waals surface area contributed by atoms with E-state index in [-0.39, 0.29) is 10.6 Å². The van der Waals surface area contributed by atoms with Gasteiger partial charge in [0.25, 0.3) is 5.69 Å². The van der Waals surface area contributed by atoms with Crippen LogP contribution < -0.4 is 0 Å². The highest BCUT2D eigenvalue weighted by atomic mass is 16.6. The van der Waals surface area contributed by atoms with Gasteiger partial charge in [0, 0.05) is 24.7 Å². The molecule has 1 heterocycles. The van der Waals surface area contributed by atoms with Crippen LogP contribution in [0, 0.1) is 23.0 Å². The molecule has 0 saturated carbocycles. The van der Waals surface area contributed by atoms with E-state index in [2.05, 4.69) is 23.9 Å². The van der Waals surface area contributed by atoms with E-state index >= 15 is 0 Å². The maximum Gasteiger partial charge on any atom is 0.272 e. The summed E-state index contributed by atoms with van der Waals surface area (Å²) in [5.41, 5.74) is 1.96. The summed E-state index contributed by atoms with van der Waals surface area (Å²) < 4.78 is 0. The Morgan fingerprint density at radius 3 is 2.67 bits per heavy atom. The molecule has 0 unspecified atom stereocenters. The lowest BCUT2D eigenvalue weighted by atomic mass is 9.96. The number of nitrogens with zero attached hydrogens (tertiary/aromatic N) is 3. The van der Waals surface area contributed by atoms with Gasteiger partial charge in [-0.15, -0.1) is 0 Å². The third kappa shape index (κ3) is 4.51. The highest BCUT2D eigenvalue weighted by molar-refractivity contribution is 5.42. The maximum absolute atomic E-state index is 11.0. The first-order valence-electron chi connectivity index (χ1n) is 7.56. The summed E-state index contributed by atoms with van der Waals surface area (Å²) >= 11 is 0. The van der Waals surface area contributed by atoms with Crippen molar-refractivity contribution in [3.8, 4) is 0 Å². The SMILES string of the molecule is Cc1ccc(CN(C)CC2CCN(C)CC2)cc1[N+](=O)[O-]. The highest BCUT2D eigenvalue weighted by Gasteiger charge is 2.18. The van der Waals surface area contributed by atoms with Crippen LogP contribution in [0.4, 0.5) is 5.69 Å². The minimum Gasteiger partial charge on any atom is -0.306 e. The van der Waals surface area contributed by atoms with Crippen molar-refractivity contribution >= 4 is 5.69 Å². The van der Waals surface area contributed by atoms with E-state index in [9.17, 15) is 10.1 Å². The Morgan fingerprint density at radius 2 is 2.05 bits per heavy atom. The Bertz CT molecular complexity index is 496. The topological polar surface area (TPSA) is 49.6 Å². The predicted molar refractivity (Wildman–Crippen MR) is 84.4 cm³/mol. The summed E-state index contributed by atoms with van der Waals surface area (Å²) in [4.78, 5) is 15.4. The molecule has 21 heavy (non-hydrogen) atoms. The van der Waals surface area contributed by atoms with E-state index in [1.165, 1.54) is 25.9 Å². The summed E-state index contributed by atoms with van der Waals surface area (Å²) in [5, 5.41) is 11.0. The lowest BCUT2D eigenvalue weighted by molar-refractivity contribution is -0.385. The van der Waals surface area contributed by atoms with Crippen molar-refractivity contribution in [2.24, 2.45) is 5.92 Å². The van der Waals surface area contributed by atoms with Gasteiger partial charge in [-0.1, -0.05) is 12.1 Å². The molecule has 1 aromatic rings. The van der Waals surface area contributed by atoms with Crippen LogP contribution >= 0.6 is 0 Å². The van der Waals surface area contributed by atoms with Crippen molar-refractivity contribution in [3.05, 3.63) is 39.4 Å². The van der Waals surface area contributed by atoms with Gasteiger partial charge < -0.3 is 9.80 Å². The molecule has 0 amide bonds. The van der Waals surface area contributed by atoms with Crippen molar-refractivity contribution in [2.75, 3.05) is 33.7 Å². The first-order valence-corrected chi connectivity index (χ1v) is 7.56. The van der Waals surface area contributed by atoms with E-state index in [0.717, 1.165) is 30.1 Å². The fraction of sp³-hybridized carbons (Fsp3) is 0.625. The molecule has 0 atom stereocenters. The van der Waals surface area contributed by atoms with Gasteiger partial charge in [-0.25, -0.2) is 0 Å². The van der Waals surface area contributed by atoms with Gasteiger partial charge in [0.1, 0.15) is 0 Å². The lowest BCUT2D eigenvalue weighted by Gasteiger charge is -2.31. The summed E-state index contributed by atoms with van der Waals surface area (Å²) in [6.07, 6.45) is 2.49. The second kappa shape index (κ2) is 7.00.